The Bertz CT molecular complexity index is 924. The van der Waals surface area contributed by atoms with Crippen molar-refractivity contribution in [1.82, 2.24) is 4.98 Å². The van der Waals surface area contributed by atoms with Crippen molar-refractivity contribution in [2.45, 2.75) is 19.8 Å². The van der Waals surface area contributed by atoms with Gasteiger partial charge in [0.2, 0.25) is 0 Å². The average molecular weight is 399 g/mol. The summed E-state index contributed by atoms with van der Waals surface area (Å²) >= 11 is 1.80. The second-order valence-electron chi connectivity index (χ2n) is 6.41. The van der Waals surface area contributed by atoms with Gasteiger partial charge in [0.05, 0.1) is 12.8 Å². The molecule has 0 aliphatic rings. The van der Waals surface area contributed by atoms with Crippen LogP contribution >= 0.6 is 11.3 Å². The number of thiophene rings is 1. The van der Waals surface area contributed by atoms with Crippen molar-refractivity contribution in [2.75, 3.05) is 32.7 Å². The van der Waals surface area contributed by atoms with Crippen LogP contribution in [0.3, 0.4) is 0 Å². The maximum absolute atomic E-state index is 9.90. The summed E-state index contributed by atoms with van der Waals surface area (Å²) in [5, 5.41) is 13.3. The van der Waals surface area contributed by atoms with Crippen LogP contribution in [-0.4, -0.2) is 37.5 Å². The zero-order chi connectivity index (χ0) is 19.9. The van der Waals surface area contributed by atoms with Gasteiger partial charge in [0, 0.05) is 35.6 Å². The molecule has 0 unspecified atom stereocenters. The van der Waals surface area contributed by atoms with E-state index in [1.165, 1.54) is 9.75 Å². The molecular weight excluding hydrogens is 372 g/mol. The van der Waals surface area contributed by atoms with E-state index in [2.05, 4.69) is 36.5 Å². The van der Waals surface area contributed by atoms with Gasteiger partial charge in [-0.25, -0.2) is 4.98 Å². The lowest BCUT2D eigenvalue weighted by atomic mass is 10.1. The number of phenols is 1. The standard InChI is InChI=1S/C22H26N2O3S/c1-4-17-7-9-21(28-17)16-12-18(15-6-8-19(25)20(13-15)27-3)24-22(14-16)23-10-5-11-26-2/h6-9,12-14,25H,4-5,10-11H2,1-3H3,(H,23,24). The summed E-state index contributed by atoms with van der Waals surface area (Å²) in [5.74, 6) is 1.37. The lowest BCUT2D eigenvalue weighted by molar-refractivity contribution is 0.198. The number of nitrogens with one attached hydrogen (secondary N) is 1. The number of pyridine rings is 1. The van der Waals surface area contributed by atoms with Crippen molar-refractivity contribution in [3.63, 3.8) is 0 Å². The molecule has 1 aromatic carbocycles. The van der Waals surface area contributed by atoms with Gasteiger partial charge in [0.25, 0.3) is 0 Å². The van der Waals surface area contributed by atoms with Crippen LogP contribution in [-0.2, 0) is 11.2 Å². The van der Waals surface area contributed by atoms with E-state index in [0.29, 0.717) is 12.4 Å². The van der Waals surface area contributed by atoms with E-state index in [9.17, 15) is 5.11 Å². The molecule has 0 saturated heterocycles. The van der Waals surface area contributed by atoms with E-state index in [1.807, 2.05) is 12.1 Å². The Balaban J connectivity index is 1.99. The molecule has 148 valence electrons. The molecule has 5 nitrogen and oxygen atoms in total. The van der Waals surface area contributed by atoms with Gasteiger partial charge in [0.15, 0.2) is 11.5 Å². The second-order valence-corrected chi connectivity index (χ2v) is 7.57. The number of ether oxygens (including phenoxy) is 2. The third-order valence-electron chi connectivity index (χ3n) is 4.43. The van der Waals surface area contributed by atoms with Gasteiger partial charge >= 0.3 is 0 Å². The summed E-state index contributed by atoms with van der Waals surface area (Å²) in [4.78, 5) is 7.34. The third-order valence-corrected chi connectivity index (χ3v) is 5.71. The first-order valence-electron chi connectivity index (χ1n) is 9.36. The molecule has 6 heteroatoms. The molecule has 2 N–H and O–H groups in total. The maximum atomic E-state index is 9.90. The van der Waals surface area contributed by atoms with E-state index < -0.39 is 0 Å². The topological polar surface area (TPSA) is 63.6 Å². The van der Waals surface area contributed by atoms with Crippen molar-refractivity contribution in [3.8, 4) is 33.2 Å². The lowest BCUT2D eigenvalue weighted by Gasteiger charge is -2.12. The highest BCUT2D eigenvalue weighted by molar-refractivity contribution is 7.15. The van der Waals surface area contributed by atoms with E-state index in [0.717, 1.165) is 42.0 Å². The Kier molecular flexibility index (Phi) is 6.90. The maximum Gasteiger partial charge on any atom is 0.161 e. The Morgan fingerprint density at radius 3 is 2.64 bits per heavy atom. The van der Waals surface area contributed by atoms with Crippen LogP contribution in [0.4, 0.5) is 5.82 Å². The molecule has 3 aromatic rings. The molecule has 3 rings (SSSR count). The molecule has 2 heterocycles. The first kappa shape index (κ1) is 20.2. The lowest BCUT2D eigenvalue weighted by Crippen LogP contribution is -2.06. The van der Waals surface area contributed by atoms with Crippen molar-refractivity contribution in [3.05, 3.63) is 47.3 Å². The number of phenolic OH excluding ortho intramolecular Hbond substituents is 1. The minimum Gasteiger partial charge on any atom is -0.504 e. The zero-order valence-electron chi connectivity index (χ0n) is 16.5. The molecule has 0 aliphatic heterocycles. The smallest absolute Gasteiger partial charge is 0.161 e. The van der Waals surface area contributed by atoms with Crippen LogP contribution < -0.4 is 10.1 Å². The highest BCUT2D eigenvalue weighted by atomic mass is 32.1. The molecule has 0 spiro atoms. The summed E-state index contributed by atoms with van der Waals surface area (Å²) < 4.78 is 10.4. The Hall–Kier alpha value is -2.57. The fourth-order valence-electron chi connectivity index (χ4n) is 2.90. The summed E-state index contributed by atoms with van der Waals surface area (Å²) in [6, 6.07) is 13.8. The normalized spacial score (nSPS) is 10.8. The number of aryl methyl sites for hydroxylation is 1. The highest BCUT2D eigenvalue weighted by Gasteiger charge is 2.11. The second kappa shape index (κ2) is 9.57. The Morgan fingerprint density at radius 1 is 1.07 bits per heavy atom. The minimum atomic E-state index is 0.117. The first-order chi connectivity index (χ1) is 13.6. The number of benzene rings is 1. The van der Waals surface area contributed by atoms with E-state index in [1.54, 1.807) is 31.6 Å². The number of anilines is 1. The summed E-state index contributed by atoms with van der Waals surface area (Å²) in [5.41, 5.74) is 2.84. The van der Waals surface area contributed by atoms with Crippen LogP contribution in [0.5, 0.6) is 11.5 Å². The van der Waals surface area contributed by atoms with Crippen molar-refractivity contribution >= 4 is 17.2 Å². The number of aromatic hydroxyl groups is 1. The summed E-state index contributed by atoms with van der Waals surface area (Å²) in [6.45, 7) is 3.66. The average Bonchev–Trinajstić information content (AvgIpc) is 3.21. The molecule has 2 aromatic heterocycles. The third kappa shape index (κ3) is 4.82. The summed E-state index contributed by atoms with van der Waals surface area (Å²) in [7, 11) is 3.25. The van der Waals surface area contributed by atoms with Gasteiger partial charge in [-0.3, -0.25) is 0 Å². The monoisotopic (exact) mass is 398 g/mol. The predicted octanol–water partition coefficient (Wildman–Crippen LogP) is 5.20. The van der Waals surface area contributed by atoms with E-state index in [-0.39, 0.29) is 5.75 Å². The Morgan fingerprint density at radius 2 is 1.93 bits per heavy atom. The molecule has 0 fully saturated rings. The van der Waals surface area contributed by atoms with Crippen LogP contribution in [0.1, 0.15) is 18.2 Å². The summed E-state index contributed by atoms with van der Waals surface area (Å²) in [6.07, 6.45) is 1.93. The minimum absolute atomic E-state index is 0.117. The number of hydrogen-bond donors (Lipinski definition) is 2. The van der Waals surface area contributed by atoms with Crippen LogP contribution in [0.25, 0.3) is 21.7 Å². The fraction of sp³-hybridized carbons (Fsp3) is 0.318. The van der Waals surface area contributed by atoms with Crippen LogP contribution in [0.15, 0.2) is 42.5 Å². The fourth-order valence-corrected chi connectivity index (χ4v) is 3.84. The number of methoxy groups -OCH3 is 2. The van der Waals surface area contributed by atoms with E-state index >= 15 is 0 Å². The molecule has 0 atom stereocenters. The molecular formula is C22H26N2O3S. The number of hydrogen-bond acceptors (Lipinski definition) is 6. The predicted molar refractivity (Wildman–Crippen MR) is 116 cm³/mol. The van der Waals surface area contributed by atoms with Gasteiger partial charge < -0.3 is 19.9 Å². The van der Waals surface area contributed by atoms with Crippen molar-refractivity contribution < 1.29 is 14.6 Å². The van der Waals surface area contributed by atoms with Gasteiger partial charge in [-0.2, -0.15) is 0 Å². The van der Waals surface area contributed by atoms with Crippen LogP contribution in [0.2, 0.25) is 0 Å². The van der Waals surface area contributed by atoms with E-state index in [4.69, 9.17) is 14.5 Å². The quantitative estimate of drug-likeness (QED) is 0.485. The van der Waals surface area contributed by atoms with Gasteiger partial charge in [-0.1, -0.05) is 6.92 Å². The largest absolute Gasteiger partial charge is 0.504 e. The van der Waals surface area contributed by atoms with Gasteiger partial charge in [-0.05, 0) is 60.9 Å². The van der Waals surface area contributed by atoms with Gasteiger partial charge in [0.1, 0.15) is 5.82 Å². The molecule has 0 aliphatic carbocycles. The SMILES string of the molecule is CCc1ccc(-c2cc(NCCCOC)nc(-c3ccc(O)c(OC)c3)c2)s1. The molecule has 28 heavy (non-hydrogen) atoms. The Labute approximate surface area is 170 Å². The zero-order valence-corrected chi connectivity index (χ0v) is 17.3. The van der Waals surface area contributed by atoms with Gasteiger partial charge in [-0.15, -0.1) is 11.3 Å². The van der Waals surface area contributed by atoms with Crippen LogP contribution in [0, 0.1) is 0 Å². The number of nitrogens with zero attached hydrogens (tertiary/aromatic N) is 1. The molecule has 0 saturated carbocycles. The van der Waals surface area contributed by atoms with Crippen molar-refractivity contribution in [2.24, 2.45) is 0 Å². The first-order valence-corrected chi connectivity index (χ1v) is 10.2. The molecule has 0 radical (unpaired) electrons. The highest BCUT2D eigenvalue weighted by Crippen LogP contribution is 2.35. The number of rotatable bonds is 9. The molecule has 0 bridgehead atoms. The van der Waals surface area contributed by atoms with Crippen molar-refractivity contribution in [1.29, 1.82) is 0 Å². The molecule has 0 amide bonds. The number of aromatic nitrogens is 1.